The molecule has 2 aromatic rings. The molecule has 162 valence electrons. The van der Waals surface area contributed by atoms with Crippen LogP contribution in [0.25, 0.3) is 0 Å². The fraction of sp³-hybridized carbons (Fsp3) is 0.500. The topological polar surface area (TPSA) is 27.0 Å². The van der Waals surface area contributed by atoms with Crippen LogP contribution in [0.15, 0.2) is 48.5 Å². The Labute approximate surface area is 192 Å². The van der Waals surface area contributed by atoms with Crippen LogP contribution in [0.5, 0.6) is 0 Å². The molecule has 2 aromatic carbocycles. The van der Waals surface area contributed by atoms with E-state index in [0.717, 1.165) is 44.3 Å². The standard InChI is InChI=1S/C26H34Cl2N2/c1-5-17-30(18-21-11-8-7-9-12-21)22(6-2)15-16-26(19-29,20(3)4)25-23(27)13-10-14-24(25)28/h7-14,20,22H,5-6,15-18H2,1-4H3. The molecule has 0 bridgehead atoms. The highest BCUT2D eigenvalue weighted by atomic mass is 35.5. The van der Waals surface area contributed by atoms with Crippen molar-refractivity contribution >= 4 is 23.2 Å². The van der Waals surface area contributed by atoms with Crippen LogP contribution in [-0.2, 0) is 12.0 Å². The van der Waals surface area contributed by atoms with Gasteiger partial charge in [-0.3, -0.25) is 4.90 Å². The first-order chi connectivity index (χ1) is 14.4. The van der Waals surface area contributed by atoms with Gasteiger partial charge in [0.15, 0.2) is 0 Å². The first-order valence-corrected chi connectivity index (χ1v) is 11.8. The number of hydrogen-bond acceptors (Lipinski definition) is 2. The largest absolute Gasteiger partial charge is 0.296 e. The van der Waals surface area contributed by atoms with Crippen LogP contribution in [0.2, 0.25) is 10.0 Å². The molecule has 0 fully saturated rings. The van der Waals surface area contributed by atoms with Crippen LogP contribution in [0.3, 0.4) is 0 Å². The summed E-state index contributed by atoms with van der Waals surface area (Å²) < 4.78 is 0. The zero-order valence-corrected chi connectivity index (χ0v) is 20.2. The van der Waals surface area contributed by atoms with E-state index in [-0.39, 0.29) is 5.92 Å². The molecule has 0 aromatic heterocycles. The van der Waals surface area contributed by atoms with Gasteiger partial charge in [-0.1, -0.05) is 87.3 Å². The molecule has 2 nitrogen and oxygen atoms in total. The SMILES string of the molecule is CCCN(Cc1ccccc1)C(CC)CCC(C#N)(c1c(Cl)cccc1Cl)C(C)C. The number of nitriles is 1. The third kappa shape index (κ3) is 5.79. The average Bonchev–Trinajstić information content (AvgIpc) is 2.73. The summed E-state index contributed by atoms with van der Waals surface area (Å²) in [4.78, 5) is 2.56. The predicted octanol–water partition coefficient (Wildman–Crippen LogP) is 7.88. The zero-order chi connectivity index (χ0) is 22.1. The Hall–Kier alpha value is -1.53. The van der Waals surface area contributed by atoms with E-state index in [2.05, 4.69) is 69.0 Å². The average molecular weight is 445 g/mol. The van der Waals surface area contributed by atoms with Crippen LogP contribution in [-0.4, -0.2) is 17.5 Å². The molecule has 4 heteroatoms. The molecule has 2 rings (SSSR count). The van der Waals surface area contributed by atoms with Gasteiger partial charge in [-0.2, -0.15) is 5.26 Å². The van der Waals surface area contributed by atoms with E-state index in [1.54, 1.807) is 0 Å². The smallest absolute Gasteiger partial charge is 0.0874 e. The molecule has 2 atom stereocenters. The summed E-state index contributed by atoms with van der Waals surface area (Å²) in [5.74, 6) is 0.103. The molecule has 0 aliphatic heterocycles. The molecule has 30 heavy (non-hydrogen) atoms. The summed E-state index contributed by atoms with van der Waals surface area (Å²) >= 11 is 13.1. The van der Waals surface area contributed by atoms with E-state index in [0.29, 0.717) is 16.1 Å². The minimum Gasteiger partial charge on any atom is -0.296 e. The highest BCUT2D eigenvalue weighted by molar-refractivity contribution is 6.36. The summed E-state index contributed by atoms with van der Waals surface area (Å²) in [6.45, 7) is 10.6. The van der Waals surface area contributed by atoms with Gasteiger partial charge in [0.05, 0.1) is 11.5 Å². The summed E-state index contributed by atoms with van der Waals surface area (Å²) in [6.07, 6.45) is 3.81. The van der Waals surface area contributed by atoms with Gasteiger partial charge in [0, 0.05) is 28.2 Å². The number of nitrogens with zero attached hydrogens (tertiary/aromatic N) is 2. The van der Waals surface area contributed by atoms with Crippen molar-refractivity contribution in [1.29, 1.82) is 5.26 Å². The van der Waals surface area contributed by atoms with E-state index >= 15 is 0 Å². The predicted molar refractivity (Wildman–Crippen MR) is 129 cm³/mol. The molecule has 0 saturated carbocycles. The molecular weight excluding hydrogens is 411 g/mol. The van der Waals surface area contributed by atoms with Crippen molar-refractivity contribution in [2.24, 2.45) is 5.92 Å². The van der Waals surface area contributed by atoms with E-state index in [1.807, 2.05) is 18.2 Å². The Kier molecular flexibility index (Phi) is 9.69. The first kappa shape index (κ1) is 24.7. The molecule has 0 radical (unpaired) electrons. The van der Waals surface area contributed by atoms with Crippen molar-refractivity contribution in [2.75, 3.05) is 6.54 Å². The Balaban J connectivity index is 2.30. The van der Waals surface area contributed by atoms with E-state index in [4.69, 9.17) is 23.2 Å². The van der Waals surface area contributed by atoms with Crippen LogP contribution >= 0.6 is 23.2 Å². The van der Waals surface area contributed by atoms with Crippen molar-refractivity contribution in [3.8, 4) is 6.07 Å². The normalized spacial score (nSPS) is 14.5. The van der Waals surface area contributed by atoms with E-state index in [9.17, 15) is 5.26 Å². The maximum Gasteiger partial charge on any atom is 0.0874 e. The van der Waals surface area contributed by atoms with Crippen LogP contribution in [0.4, 0.5) is 0 Å². The second kappa shape index (κ2) is 11.8. The lowest BCUT2D eigenvalue weighted by Crippen LogP contribution is -2.38. The monoisotopic (exact) mass is 444 g/mol. The Morgan fingerprint density at radius 3 is 2.13 bits per heavy atom. The van der Waals surface area contributed by atoms with Crippen LogP contribution in [0, 0.1) is 17.2 Å². The van der Waals surface area contributed by atoms with Gasteiger partial charge in [0.1, 0.15) is 0 Å². The zero-order valence-electron chi connectivity index (χ0n) is 18.7. The van der Waals surface area contributed by atoms with Gasteiger partial charge in [-0.05, 0) is 55.8 Å². The molecule has 0 N–H and O–H groups in total. The Morgan fingerprint density at radius 2 is 1.63 bits per heavy atom. The fourth-order valence-corrected chi connectivity index (χ4v) is 5.14. The van der Waals surface area contributed by atoms with Gasteiger partial charge in [-0.25, -0.2) is 0 Å². The van der Waals surface area contributed by atoms with Gasteiger partial charge < -0.3 is 0 Å². The number of hydrogen-bond donors (Lipinski definition) is 0. The van der Waals surface area contributed by atoms with Crippen molar-refractivity contribution in [2.45, 2.75) is 71.4 Å². The third-order valence-electron chi connectivity index (χ3n) is 6.19. The Bertz CT molecular complexity index is 808. The second-order valence-corrected chi connectivity index (χ2v) is 9.21. The summed E-state index contributed by atoms with van der Waals surface area (Å²) in [5, 5.41) is 11.5. The number of rotatable bonds is 11. The molecule has 0 aliphatic rings. The molecule has 0 saturated heterocycles. The highest BCUT2D eigenvalue weighted by Gasteiger charge is 2.40. The fourth-order valence-electron chi connectivity index (χ4n) is 4.40. The summed E-state index contributed by atoms with van der Waals surface area (Å²) in [7, 11) is 0. The lowest BCUT2D eigenvalue weighted by Gasteiger charge is -2.37. The van der Waals surface area contributed by atoms with Gasteiger partial charge >= 0.3 is 0 Å². The van der Waals surface area contributed by atoms with Crippen molar-refractivity contribution in [3.05, 3.63) is 69.7 Å². The second-order valence-electron chi connectivity index (χ2n) is 8.39. The summed E-state index contributed by atoms with van der Waals surface area (Å²) in [6, 6.07) is 19.2. The maximum absolute atomic E-state index is 10.3. The van der Waals surface area contributed by atoms with Crippen LogP contribution < -0.4 is 0 Å². The highest BCUT2D eigenvalue weighted by Crippen LogP contribution is 2.44. The van der Waals surface area contributed by atoms with Crippen molar-refractivity contribution in [1.82, 2.24) is 4.90 Å². The lowest BCUT2D eigenvalue weighted by molar-refractivity contribution is 0.160. The van der Waals surface area contributed by atoms with Gasteiger partial charge in [-0.15, -0.1) is 0 Å². The van der Waals surface area contributed by atoms with E-state index in [1.165, 1.54) is 5.56 Å². The van der Waals surface area contributed by atoms with E-state index < -0.39 is 5.41 Å². The van der Waals surface area contributed by atoms with Gasteiger partial charge in [0.2, 0.25) is 0 Å². The number of benzene rings is 2. The first-order valence-electron chi connectivity index (χ1n) is 11.0. The molecule has 2 unspecified atom stereocenters. The Morgan fingerprint density at radius 1 is 1.00 bits per heavy atom. The van der Waals surface area contributed by atoms with Crippen LogP contribution in [0.1, 0.15) is 64.5 Å². The minimum atomic E-state index is -0.701. The number of halogens is 2. The molecule has 0 amide bonds. The molecular formula is C26H34Cl2N2. The molecule has 0 heterocycles. The molecule has 0 spiro atoms. The maximum atomic E-state index is 10.3. The molecule has 0 aliphatic carbocycles. The lowest BCUT2D eigenvalue weighted by atomic mass is 9.69. The quantitative estimate of drug-likeness (QED) is 0.352. The minimum absolute atomic E-state index is 0.103. The van der Waals surface area contributed by atoms with Gasteiger partial charge in [0.25, 0.3) is 0 Å². The van der Waals surface area contributed by atoms with Crippen molar-refractivity contribution in [3.63, 3.8) is 0 Å². The van der Waals surface area contributed by atoms with Crippen molar-refractivity contribution < 1.29 is 0 Å². The third-order valence-corrected chi connectivity index (χ3v) is 6.82. The summed E-state index contributed by atoms with van der Waals surface area (Å²) in [5.41, 5.74) is 1.41.